The largest absolute Gasteiger partial charge is 0.477 e. The van der Waals surface area contributed by atoms with Gasteiger partial charge in [0.2, 0.25) is 0 Å². The van der Waals surface area contributed by atoms with Crippen molar-refractivity contribution in [2.45, 2.75) is 18.0 Å². The van der Waals surface area contributed by atoms with Crippen molar-refractivity contribution >= 4 is 63.1 Å². The van der Waals surface area contributed by atoms with Gasteiger partial charge in [-0.1, -0.05) is 5.16 Å². The number of nitrogens with one attached hydrogen (secondary N) is 1. The highest BCUT2D eigenvalue weighted by Crippen LogP contribution is 2.40. The minimum Gasteiger partial charge on any atom is -0.477 e. The quantitative estimate of drug-likeness (QED) is 0.110. The van der Waals surface area contributed by atoms with Crippen LogP contribution in [-0.2, 0) is 20.9 Å². The van der Waals surface area contributed by atoms with Crippen molar-refractivity contribution in [1.29, 1.82) is 0 Å². The lowest BCUT2D eigenvalue weighted by molar-refractivity contribution is -0.689. The molecule has 5 heterocycles. The highest BCUT2D eigenvalue weighted by molar-refractivity contribution is 8.00. The molecule has 5 rings (SSSR count). The van der Waals surface area contributed by atoms with Crippen LogP contribution in [0.25, 0.3) is 10.4 Å². The number of hydrogen-bond donors (Lipinski definition) is 4. The maximum atomic E-state index is 12.9. The number of aliphatic carboxylic acids is 1. The lowest BCUT2D eigenvalue weighted by Crippen LogP contribution is -2.71. The Kier molecular flexibility index (Phi) is 6.42. The number of carbonyl (C=O) groups excluding carboxylic acids is 2. The van der Waals surface area contributed by atoms with Gasteiger partial charge in [0.25, 0.3) is 11.8 Å². The molecule has 0 bridgehead atoms. The fourth-order valence-corrected chi connectivity index (χ4v) is 6.44. The van der Waals surface area contributed by atoms with Crippen molar-refractivity contribution in [3.63, 3.8) is 0 Å². The summed E-state index contributed by atoms with van der Waals surface area (Å²) < 4.78 is 1.84. The van der Waals surface area contributed by atoms with E-state index < -0.39 is 29.2 Å². The average Bonchev–Trinajstić information content (AvgIpc) is 3.55. The summed E-state index contributed by atoms with van der Waals surface area (Å²) in [5, 5.41) is 25.7. The van der Waals surface area contributed by atoms with Gasteiger partial charge in [-0.25, -0.2) is 14.3 Å². The Morgan fingerprint density at radius 1 is 1.31 bits per heavy atom. The molecule has 0 saturated carbocycles. The Bertz CT molecular complexity index is 1400. The zero-order valence-corrected chi connectivity index (χ0v) is 20.7. The molecule has 15 heteroatoms. The molecule has 0 radical (unpaired) electrons. The Balaban J connectivity index is 1.32. The van der Waals surface area contributed by atoms with Crippen LogP contribution in [0.4, 0.5) is 5.13 Å². The van der Waals surface area contributed by atoms with Crippen LogP contribution in [0.3, 0.4) is 0 Å². The van der Waals surface area contributed by atoms with Gasteiger partial charge in [0.1, 0.15) is 22.8 Å². The maximum absolute atomic E-state index is 12.9. The van der Waals surface area contributed by atoms with Crippen LogP contribution in [0.15, 0.2) is 58.0 Å². The topological polar surface area (TPSA) is 175 Å². The monoisotopic (exact) mass is 544 g/mol. The standard InChI is InChI=1S/C21H17N7O5S3/c22-21-24-12(8-35-21)14(26-33)17(29)25-15-18(30)28-16(20(31)32)11(7-34-19(15)28)6-27-3-1-10(2-4-27)13-5-23-9-36-13/h1-5,8-9,15,19H,6-7H2,(H4-,22,24,25,29,31,32,33)/p+1/t15-,19+/m1/s1. The molecule has 12 nitrogen and oxygen atoms in total. The number of pyridine rings is 1. The van der Waals surface area contributed by atoms with E-state index in [-0.39, 0.29) is 28.8 Å². The van der Waals surface area contributed by atoms with Gasteiger partial charge in [-0.3, -0.25) is 19.5 Å². The molecule has 3 aromatic rings. The minimum atomic E-state index is -1.22. The second-order valence-corrected chi connectivity index (χ2v) is 10.6. The Morgan fingerprint density at radius 2 is 2.08 bits per heavy atom. The molecule has 0 aromatic carbocycles. The molecule has 5 N–H and O–H groups in total. The predicted octanol–water partition coefficient (Wildman–Crippen LogP) is 0.753. The molecule has 2 atom stereocenters. The van der Waals surface area contributed by atoms with Gasteiger partial charge in [0.15, 0.2) is 29.8 Å². The van der Waals surface area contributed by atoms with E-state index in [4.69, 9.17) is 5.73 Å². The SMILES string of the molecule is Nc1nc(C(=NO)C(=O)N[C@@H]2C(=O)N3C(C(=O)O)=C(C[n+]4ccc(-c5cncs5)cc4)CS[C@@H]23)cs1. The number of carbonyl (C=O) groups is 3. The fourth-order valence-electron chi connectivity index (χ4n) is 3.93. The minimum absolute atomic E-state index is 0.0733. The molecular formula is C21H18N7O5S3+. The number of thioether (sulfide) groups is 1. The molecule has 2 aliphatic heterocycles. The van der Waals surface area contributed by atoms with E-state index in [1.54, 1.807) is 11.7 Å². The van der Waals surface area contributed by atoms with Crippen molar-refractivity contribution in [2.24, 2.45) is 5.16 Å². The molecule has 1 fully saturated rings. The van der Waals surface area contributed by atoms with Gasteiger partial charge in [-0.15, -0.1) is 34.4 Å². The van der Waals surface area contributed by atoms with Gasteiger partial charge < -0.3 is 21.4 Å². The van der Waals surface area contributed by atoms with Crippen molar-refractivity contribution in [3.05, 3.63) is 58.6 Å². The molecule has 3 aromatic heterocycles. The van der Waals surface area contributed by atoms with Crippen LogP contribution < -0.4 is 15.6 Å². The van der Waals surface area contributed by atoms with E-state index in [1.165, 1.54) is 33.4 Å². The molecule has 2 amide bonds. The average molecular weight is 545 g/mol. The smallest absolute Gasteiger partial charge is 0.352 e. The molecule has 0 aliphatic carbocycles. The number of nitrogens with two attached hydrogens (primary N) is 1. The predicted molar refractivity (Wildman–Crippen MR) is 132 cm³/mol. The number of β-lactam (4-membered cyclic amide) rings is 1. The van der Waals surface area contributed by atoms with Gasteiger partial charge in [-0.2, -0.15) is 0 Å². The molecule has 1 saturated heterocycles. The van der Waals surface area contributed by atoms with E-state index in [9.17, 15) is 24.7 Å². The van der Waals surface area contributed by atoms with Crippen LogP contribution in [0.5, 0.6) is 0 Å². The van der Waals surface area contributed by atoms with Crippen LogP contribution in [0.1, 0.15) is 5.69 Å². The Hall–Kier alpha value is -3.82. The first-order valence-electron chi connectivity index (χ1n) is 10.4. The van der Waals surface area contributed by atoms with Crippen molar-refractivity contribution in [1.82, 2.24) is 20.2 Å². The lowest BCUT2D eigenvalue weighted by Gasteiger charge is -2.49. The molecule has 0 spiro atoms. The summed E-state index contributed by atoms with van der Waals surface area (Å²) in [6, 6.07) is 2.87. The number of aromatic nitrogens is 3. The summed E-state index contributed by atoms with van der Waals surface area (Å²) in [6.45, 7) is 0.289. The highest BCUT2D eigenvalue weighted by atomic mass is 32.2. The highest BCUT2D eigenvalue weighted by Gasteiger charge is 2.54. The normalized spacial score (nSPS) is 19.6. The third kappa shape index (κ3) is 4.31. The molecule has 0 unspecified atom stereocenters. The number of thiazole rings is 2. The Morgan fingerprint density at radius 3 is 2.69 bits per heavy atom. The lowest BCUT2D eigenvalue weighted by atomic mass is 10.0. The number of nitrogen functional groups attached to an aromatic ring is 1. The van der Waals surface area contributed by atoms with Crippen molar-refractivity contribution in [3.8, 4) is 10.4 Å². The first kappa shape index (κ1) is 23.9. The van der Waals surface area contributed by atoms with E-state index in [0.29, 0.717) is 11.3 Å². The number of amides is 2. The number of rotatable bonds is 7. The number of carboxylic acids is 1. The van der Waals surface area contributed by atoms with Crippen LogP contribution in [0, 0.1) is 0 Å². The molecule has 2 aliphatic rings. The second-order valence-electron chi connectivity index (χ2n) is 7.76. The van der Waals surface area contributed by atoms with E-state index in [1.807, 2.05) is 29.1 Å². The van der Waals surface area contributed by atoms with Gasteiger partial charge in [0, 0.05) is 40.6 Å². The number of carboxylic acid groups (broad SMARTS) is 1. The summed E-state index contributed by atoms with van der Waals surface area (Å²) >= 11 is 3.94. The van der Waals surface area contributed by atoms with E-state index in [0.717, 1.165) is 21.8 Å². The first-order valence-corrected chi connectivity index (χ1v) is 13.2. The summed E-state index contributed by atoms with van der Waals surface area (Å²) in [6.07, 6.45) is 5.47. The number of nitrogens with zero attached hydrogens (tertiary/aromatic N) is 5. The summed E-state index contributed by atoms with van der Waals surface area (Å²) in [5.74, 6) is -2.23. The first-order chi connectivity index (χ1) is 17.4. The zero-order valence-electron chi connectivity index (χ0n) is 18.3. The maximum Gasteiger partial charge on any atom is 0.352 e. The van der Waals surface area contributed by atoms with Gasteiger partial charge in [-0.05, 0) is 0 Å². The molecule has 184 valence electrons. The van der Waals surface area contributed by atoms with Crippen molar-refractivity contribution in [2.75, 3.05) is 11.5 Å². The third-order valence-corrected chi connectivity index (χ3v) is 8.43. The van der Waals surface area contributed by atoms with E-state index in [2.05, 4.69) is 20.4 Å². The molecule has 36 heavy (non-hydrogen) atoms. The van der Waals surface area contributed by atoms with Crippen LogP contribution >= 0.6 is 34.4 Å². The van der Waals surface area contributed by atoms with Crippen molar-refractivity contribution < 1.29 is 29.3 Å². The number of oxime groups is 1. The van der Waals surface area contributed by atoms with Gasteiger partial charge >= 0.3 is 5.97 Å². The number of anilines is 1. The number of fused-ring (bicyclic) bond motifs is 1. The summed E-state index contributed by atoms with van der Waals surface area (Å²) in [4.78, 5) is 47.9. The van der Waals surface area contributed by atoms with Gasteiger partial charge in [0.05, 0.1) is 10.4 Å². The molecular weight excluding hydrogens is 526 g/mol. The zero-order chi connectivity index (χ0) is 25.4. The van der Waals surface area contributed by atoms with Crippen LogP contribution in [0.2, 0.25) is 0 Å². The second kappa shape index (κ2) is 9.67. The summed E-state index contributed by atoms with van der Waals surface area (Å²) in [5.41, 5.74) is 8.50. The summed E-state index contributed by atoms with van der Waals surface area (Å²) in [7, 11) is 0. The number of hydrogen-bond acceptors (Lipinski definition) is 11. The Labute approximate surface area is 215 Å². The van der Waals surface area contributed by atoms with E-state index >= 15 is 0 Å². The third-order valence-electron chi connectivity index (χ3n) is 5.60. The van der Waals surface area contributed by atoms with Crippen LogP contribution in [-0.4, -0.2) is 65.8 Å². The fraction of sp³-hybridized carbons (Fsp3) is 0.190.